The zero-order valence-electron chi connectivity index (χ0n) is 14.1. The van der Waals surface area contributed by atoms with Gasteiger partial charge in [-0.2, -0.15) is 17.2 Å². The molecule has 0 spiro atoms. The first kappa shape index (κ1) is 22.9. The van der Waals surface area contributed by atoms with Gasteiger partial charge < -0.3 is 9.84 Å². The number of carboxylic acid groups (broad SMARTS) is 1. The molecule has 0 fully saturated rings. The van der Waals surface area contributed by atoms with Gasteiger partial charge >= 0.3 is 12.6 Å². The van der Waals surface area contributed by atoms with E-state index in [0.717, 1.165) is 6.26 Å². The molecule has 0 radical (unpaired) electrons. The summed E-state index contributed by atoms with van der Waals surface area (Å²) in [7, 11) is -3.75. The van der Waals surface area contributed by atoms with E-state index >= 15 is 0 Å². The van der Waals surface area contributed by atoms with Crippen molar-refractivity contribution in [3.05, 3.63) is 29.8 Å². The van der Waals surface area contributed by atoms with E-state index in [4.69, 9.17) is 5.11 Å². The van der Waals surface area contributed by atoms with Gasteiger partial charge in [-0.3, -0.25) is 13.8 Å². The lowest BCUT2D eigenvalue weighted by atomic mass is 10.1. The number of carbonyl (C=O) groups excluding carboxylic acids is 1. The van der Waals surface area contributed by atoms with Crippen molar-refractivity contribution in [3.8, 4) is 5.75 Å². The summed E-state index contributed by atoms with van der Waals surface area (Å²) in [5.41, 5.74) is 0.137. The van der Waals surface area contributed by atoms with Crippen molar-refractivity contribution in [1.29, 1.82) is 0 Å². The van der Waals surface area contributed by atoms with Crippen LogP contribution in [0.3, 0.4) is 0 Å². The molecule has 10 heteroatoms. The normalized spacial score (nSPS) is 12.3. The van der Waals surface area contributed by atoms with Crippen molar-refractivity contribution in [1.82, 2.24) is 0 Å². The number of ether oxygens (including phenoxy) is 1. The van der Waals surface area contributed by atoms with Gasteiger partial charge in [0.05, 0.1) is 12.2 Å². The molecule has 142 valence electrons. The minimum Gasteiger partial charge on any atom is -0.481 e. The maximum Gasteiger partial charge on any atom is 0.387 e. The number of rotatable bonds is 7. The summed E-state index contributed by atoms with van der Waals surface area (Å²) in [6.45, 7) is 1.62. The third-order valence-corrected chi connectivity index (χ3v) is 3.18. The molecule has 0 aliphatic heterocycles. The monoisotopic (exact) mass is 382 g/mol. The van der Waals surface area contributed by atoms with Gasteiger partial charge in [0.2, 0.25) is 0 Å². The number of benzene rings is 1. The number of carboxylic acids is 1. The van der Waals surface area contributed by atoms with Crippen molar-refractivity contribution in [2.24, 2.45) is 5.92 Å². The van der Waals surface area contributed by atoms with E-state index in [-0.39, 0.29) is 17.2 Å². The largest absolute Gasteiger partial charge is 0.481 e. The summed E-state index contributed by atoms with van der Waals surface area (Å²) >= 11 is 0. The van der Waals surface area contributed by atoms with Gasteiger partial charge in [0.25, 0.3) is 10.1 Å². The maximum absolute atomic E-state index is 11.9. The molecule has 1 rings (SSSR count). The highest BCUT2D eigenvalue weighted by Gasteiger charge is 2.20. The van der Waals surface area contributed by atoms with Gasteiger partial charge in [-0.1, -0.05) is 13.8 Å². The number of ketones is 1. The molecule has 0 saturated carbocycles. The summed E-state index contributed by atoms with van der Waals surface area (Å²) < 4.78 is 54.2. The van der Waals surface area contributed by atoms with E-state index in [9.17, 15) is 26.8 Å². The molecule has 1 aromatic rings. The van der Waals surface area contributed by atoms with Crippen LogP contribution in [0.25, 0.3) is 0 Å². The zero-order chi connectivity index (χ0) is 19.8. The van der Waals surface area contributed by atoms with Crippen molar-refractivity contribution in [2.45, 2.75) is 33.5 Å². The Labute approximate surface area is 144 Å². The number of hydrogen-bond donors (Lipinski definition) is 1. The lowest BCUT2D eigenvalue weighted by Crippen LogP contribution is -2.23. The van der Waals surface area contributed by atoms with Gasteiger partial charge in [-0.05, 0) is 31.2 Å². The summed E-state index contributed by atoms with van der Waals surface area (Å²) in [5.74, 6) is -1.64. The Kier molecular flexibility index (Phi) is 9.21. The SMILES string of the molecule is CC(C)C(=O)O.CC(OS(C)(=O)=O)C(=O)c1ccc(OC(F)F)cc1. The molecule has 0 amide bonds. The fraction of sp³-hybridized carbons (Fsp3) is 0.467. The summed E-state index contributed by atoms with van der Waals surface area (Å²) in [5, 5.41) is 7.99. The molecule has 0 aliphatic carbocycles. The first-order valence-corrected chi connectivity index (χ1v) is 8.85. The molecule has 1 unspecified atom stereocenters. The Bertz CT molecular complexity index is 670. The molecule has 0 heterocycles. The standard InChI is InChI=1S/C11H12F2O5S.C4H8O2/c1-7(18-19(2,15)16)10(14)8-3-5-9(6-4-8)17-11(12)13;1-3(2)4(5)6/h3-7,11H,1-2H3;3H,1-2H3,(H,5,6). The van der Waals surface area contributed by atoms with Gasteiger partial charge in [0.1, 0.15) is 11.9 Å². The van der Waals surface area contributed by atoms with Crippen LogP contribution in [-0.4, -0.2) is 44.2 Å². The van der Waals surface area contributed by atoms with E-state index in [2.05, 4.69) is 8.92 Å². The van der Waals surface area contributed by atoms with Crippen molar-refractivity contribution >= 4 is 21.9 Å². The second-order valence-electron chi connectivity index (χ2n) is 5.20. The Balaban J connectivity index is 0.000000823. The Morgan fingerprint density at radius 2 is 1.52 bits per heavy atom. The summed E-state index contributed by atoms with van der Waals surface area (Å²) in [6.07, 6.45) is -0.354. The van der Waals surface area contributed by atoms with Gasteiger partial charge in [0, 0.05) is 5.56 Å². The third-order valence-electron chi connectivity index (χ3n) is 2.55. The number of alkyl halides is 2. The van der Waals surface area contributed by atoms with E-state index in [1.165, 1.54) is 31.2 Å². The molecule has 7 nitrogen and oxygen atoms in total. The maximum atomic E-state index is 11.9. The fourth-order valence-electron chi connectivity index (χ4n) is 1.34. The van der Waals surface area contributed by atoms with E-state index < -0.39 is 34.6 Å². The first-order valence-electron chi connectivity index (χ1n) is 7.03. The van der Waals surface area contributed by atoms with Crippen LogP contribution in [0.5, 0.6) is 5.75 Å². The molecule has 0 aromatic heterocycles. The predicted molar refractivity (Wildman–Crippen MR) is 85.3 cm³/mol. The number of carbonyl (C=O) groups is 2. The third kappa shape index (κ3) is 10.4. The Morgan fingerprint density at radius 1 is 1.08 bits per heavy atom. The smallest absolute Gasteiger partial charge is 0.387 e. The number of halogens is 2. The molecule has 1 N–H and O–H groups in total. The quantitative estimate of drug-likeness (QED) is 0.570. The second kappa shape index (κ2) is 10.0. The summed E-state index contributed by atoms with van der Waals surface area (Å²) in [4.78, 5) is 21.5. The van der Waals surface area contributed by atoms with Crippen LogP contribution in [0.4, 0.5) is 8.78 Å². The first-order chi connectivity index (χ1) is 11.3. The number of Topliss-reactive ketones (excluding diaryl/α,β-unsaturated/α-hetero) is 1. The van der Waals surface area contributed by atoms with Crippen LogP contribution in [0, 0.1) is 5.92 Å². The second-order valence-corrected chi connectivity index (χ2v) is 6.80. The van der Waals surface area contributed by atoms with Crippen molar-refractivity contribution in [2.75, 3.05) is 6.26 Å². The lowest BCUT2D eigenvalue weighted by Gasteiger charge is -2.10. The van der Waals surface area contributed by atoms with Crippen molar-refractivity contribution in [3.63, 3.8) is 0 Å². The van der Waals surface area contributed by atoms with Crippen LogP contribution < -0.4 is 4.74 Å². The van der Waals surface area contributed by atoms with Crippen molar-refractivity contribution < 1.29 is 40.8 Å². The van der Waals surface area contributed by atoms with Crippen LogP contribution in [-0.2, 0) is 19.1 Å². The minimum atomic E-state index is -3.75. The molecule has 1 atom stereocenters. The topological polar surface area (TPSA) is 107 Å². The molecular formula is C15H20F2O7S. The molecule has 0 aliphatic rings. The molecule has 25 heavy (non-hydrogen) atoms. The number of hydrogen-bond acceptors (Lipinski definition) is 6. The van der Waals surface area contributed by atoms with Crippen LogP contribution in [0.2, 0.25) is 0 Å². The Hall–Kier alpha value is -2.07. The average Bonchev–Trinajstić information content (AvgIpc) is 2.45. The highest BCUT2D eigenvalue weighted by atomic mass is 32.2. The Morgan fingerprint density at radius 3 is 1.84 bits per heavy atom. The predicted octanol–water partition coefficient (Wildman–Crippen LogP) is 2.56. The van der Waals surface area contributed by atoms with E-state index in [1.807, 2.05) is 0 Å². The zero-order valence-corrected chi connectivity index (χ0v) is 14.9. The van der Waals surface area contributed by atoms with Crippen LogP contribution in [0.1, 0.15) is 31.1 Å². The van der Waals surface area contributed by atoms with Crippen LogP contribution >= 0.6 is 0 Å². The van der Waals surface area contributed by atoms with E-state index in [1.54, 1.807) is 13.8 Å². The number of aliphatic carboxylic acids is 1. The molecule has 0 saturated heterocycles. The van der Waals surface area contributed by atoms with E-state index in [0.29, 0.717) is 0 Å². The molecular weight excluding hydrogens is 362 g/mol. The summed E-state index contributed by atoms with van der Waals surface area (Å²) in [6, 6.07) is 4.88. The lowest BCUT2D eigenvalue weighted by molar-refractivity contribution is -0.140. The minimum absolute atomic E-state index is 0.0942. The molecule has 1 aromatic carbocycles. The van der Waals surface area contributed by atoms with Crippen LogP contribution in [0.15, 0.2) is 24.3 Å². The fourth-order valence-corrected chi connectivity index (χ4v) is 1.95. The highest BCUT2D eigenvalue weighted by Crippen LogP contribution is 2.16. The van der Waals surface area contributed by atoms with Gasteiger partial charge in [0.15, 0.2) is 5.78 Å². The van der Waals surface area contributed by atoms with Gasteiger partial charge in [-0.25, -0.2) is 0 Å². The van der Waals surface area contributed by atoms with Gasteiger partial charge in [-0.15, -0.1) is 0 Å². The highest BCUT2D eigenvalue weighted by molar-refractivity contribution is 7.86. The molecule has 0 bridgehead atoms. The average molecular weight is 382 g/mol.